The summed E-state index contributed by atoms with van der Waals surface area (Å²) in [5, 5.41) is 11.0. The molecule has 1 aromatic carbocycles. The zero-order chi connectivity index (χ0) is 21.3. The molecule has 1 atom stereocenters. The molecule has 7 heteroatoms. The van der Waals surface area contributed by atoms with Crippen LogP contribution in [0.25, 0.3) is 5.76 Å². The zero-order valence-electron chi connectivity index (χ0n) is 16.5. The fourth-order valence-corrected chi connectivity index (χ4v) is 3.55. The third kappa shape index (κ3) is 3.45. The van der Waals surface area contributed by atoms with E-state index in [1.165, 1.54) is 12.0 Å². The van der Waals surface area contributed by atoms with Crippen LogP contribution in [-0.2, 0) is 16.1 Å². The molecule has 0 spiro atoms. The van der Waals surface area contributed by atoms with E-state index in [1.807, 2.05) is 0 Å². The average Bonchev–Trinajstić information content (AvgIpc) is 3.30. The maximum atomic E-state index is 13.0. The second-order valence-electron chi connectivity index (χ2n) is 6.96. The van der Waals surface area contributed by atoms with Gasteiger partial charge in [0.25, 0.3) is 11.7 Å². The van der Waals surface area contributed by atoms with Crippen LogP contribution in [0, 0.1) is 6.92 Å². The molecule has 30 heavy (non-hydrogen) atoms. The minimum absolute atomic E-state index is 0.0170. The molecule has 1 unspecified atom stereocenters. The van der Waals surface area contributed by atoms with Crippen LogP contribution in [0.15, 0.2) is 70.9 Å². The molecule has 152 valence electrons. The largest absolute Gasteiger partial charge is 0.507 e. The fraction of sp³-hybridized carbons (Fsp3) is 0.174. The van der Waals surface area contributed by atoms with E-state index in [2.05, 4.69) is 4.98 Å². The van der Waals surface area contributed by atoms with Gasteiger partial charge < -0.3 is 19.2 Å². The van der Waals surface area contributed by atoms with Crippen LogP contribution in [0.2, 0.25) is 0 Å². The number of aliphatic hydroxyl groups is 1. The van der Waals surface area contributed by atoms with Gasteiger partial charge in [-0.15, -0.1) is 0 Å². The first kappa shape index (κ1) is 19.4. The number of likely N-dealkylation sites (tertiary alicyclic amines) is 1. The molecule has 0 radical (unpaired) electrons. The highest BCUT2D eigenvalue weighted by atomic mass is 16.5. The van der Waals surface area contributed by atoms with E-state index in [0.717, 1.165) is 5.56 Å². The molecule has 1 aliphatic heterocycles. The molecule has 0 aliphatic carbocycles. The van der Waals surface area contributed by atoms with Gasteiger partial charge in [-0.05, 0) is 48.9 Å². The maximum Gasteiger partial charge on any atom is 0.296 e. The van der Waals surface area contributed by atoms with Gasteiger partial charge in [-0.3, -0.25) is 14.6 Å². The fourth-order valence-electron chi connectivity index (χ4n) is 3.55. The lowest BCUT2D eigenvalue weighted by molar-refractivity contribution is -0.140. The van der Waals surface area contributed by atoms with Crippen LogP contribution in [-0.4, -0.2) is 33.8 Å². The average molecular weight is 404 g/mol. The quantitative estimate of drug-likeness (QED) is 0.397. The number of nitrogens with zero attached hydrogens (tertiary/aromatic N) is 2. The Morgan fingerprint density at radius 2 is 1.93 bits per heavy atom. The number of rotatable bonds is 5. The number of hydrogen-bond donors (Lipinski definition) is 1. The van der Waals surface area contributed by atoms with Crippen molar-refractivity contribution in [3.05, 3.63) is 89.1 Å². The van der Waals surface area contributed by atoms with E-state index >= 15 is 0 Å². The number of ketones is 1. The number of methoxy groups -OCH3 is 1. The smallest absolute Gasteiger partial charge is 0.296 e. The van der Waals surface area contributed by atoms with Gasteiger partial charge in [-0.2, -0.15) is 0 Å². The maximum absolute atomic E-state index is 13.0. The first-order chi connectivity index (χ1) is 14.5. The standard InChI is InChI=1S/C23H20N2O5/c1-14-6-7-18(30-14)20-19(21(26)16-4-3-5-17(12-16)29-2)22(27)23(28)25(20)13-15-8-10-24-11-9-15/h3-12,20,26H,13H2,1-2H3/b21-19+. The molecule has 0 saturated carbocycles. The summed E-state index contributed by atoms with van der Waals surface area (Å²) < 4.78 is 11.0. The summed E-state index contributed by atoms with van der Waals surface area (Å²) in [6.45, 7) is 1.95. The summed E-state index contributed by atoms with van der Waals surface area (Å²) in [6, 6.07) is 12.8. The number of benzene rings is 1. The predicted octanol–water partition coefficient (Wildman–Crippen LogP) is 3.61. The van der Waals surface area contributed by atoms with Gasteiger partial charge in [0.05, 0.1) is 12.7 Å². The summed E-state index contributed by atoms with van der Waals surface area (Å²) in [4.78, 5) is 31.3. The predicted molar refractivity (Wildman–Crippen MR) is 109 cm³/mol. The number of Topliss-reactive ketones (excluding diaryl/α,β-unsaturated/α-hetero) is 1. The Morgan fingerprint density at radius 3 is 2.60 bits per heavy atom. The van der Waals surface area contributed by atoms with Crippen LogP contribution in [0.4, 0.5) is 0 Å². The van der Waals surface area contributed by atoms with Crippen molar-refractivity contribution in [2.24, 2.45) is 0 Å². The number of aromatic nitrogens is 1. The van der Waals surface area contributed by atoms with Crippen molar-refractivity contribution in [1.29, 1.82) is 0 Å². The SMILES string of the molecule is COc1cccc(/C(O)=C2\C(=O)C(=O)N(Cc3ccncc3)C2c2ccc(C)o2)c1. The van der Waals surface area contributed by atoms with E-state index in [0.29, 0.717) is 22.8 Å². The molecule has 1 fully saturated rings. The molecule has 1 N–H and O–H groups in total. The Balaban J connectivity index is 1.85. The molecule has 7 nitrogen and oxygen atoms in total. The Labute approximate surface area is 173 Å². The molecule has 3 aromatic rings. The van der Waals surface area contributed by atoms with Crippen LogP contribution < -0.4 is 4.74 Å². The van der Waals surface area contributed by atoms with Gasteiger partial charge in [0, 0.05) is 24.5 Å². The van der Waals surface area contributed by atoms with Crippen molar-refractivity contribution in [2.45, 2.75) is 19.5 Å². The molecule has 4 rings (SSSR count). The Bertz CT molecular complexity index is 1130. The second-order valence-corrected chi connectivity index (χ2v) is 6.96. The normalized spacial score (nSPS) is 18.1. The minimum Gasteiger partial charge on any atom is -0.507 e. The molecule has 1 aliphatic rings. The number of hydrogen-bond acceptors (Lipinski definition) is 6. The highest BCUT2D eigenvalue weighted by molar-refractivity contribution is 6.46. The van der Waals surface area contributed by atoms with Crippen molar-refractivity contribution in [3.63, 3.8) is 0 Å². The Morgan fingerprint density at radius 1 is 1.17 bits per heavy atom. The van der Waals surface area contributed by atoms with Crippen molar-refractivity contribution in [3.8, 4) is 5.75 Å². The molecular formula is C23H20N2O5. The zero-order valence-corrected chi connectivity index (χ0v) is 16.5. The summed E-state index contributed by atoms with van der Waals surface area (Å²) in [5.74, 6) is -0.163. The third-order valence-corrected chi connectivity index (χ3v) is 5.02. The summed E-state index contributed by atoms with van der Waals surface area (Å²) in [7, 11) is 1.51. The summed E-state index contributed by atoms with van der Waals surface area (Å²) in [5.41, 5.74) is 1.17. The number of ether oxygens (including phenoxy) is 1. The van der Waals surface area contributed by atoms with Crippen molar-refractivity contribution >= 4 is 17.4 Å². The highest BCUT2D eigenvalue weighted by Crippen LogP contribution is 2.41. The van der Waals surface area contributed by atoms with Gasteiger partial charge in [0.2, 0.25) is 0 Å². The lowest BCUT2D eigenvalue weighted by atomic mass is 9.99. The lowest BCUT2D eigenvalue weighted by Gasteiger charge is -2.23. The first-order valence-corrected chi connectivity index (χ1v) is 9.37. The van der Waals surface area contributed by atoms with Crippen molar-refractivity contribution < 1.29 is 23.8 Å². The minimum atomic E-state index is -0.849. The van der Waals surface area contributed by atoms with Gasteiger partial charge >= 0.3 is 0 Å². The number of amides is 1. The van der Waals surface area contributed by atoms with Crippen molar-refractivity contribution in [1.82, 2.24) is 9.88 Å². The van der Waals surface area contributed by atoms with Gasteiger partial charge in [-0.25, -0.2) is 0 Å². The number of aryl methyl sites for hydroxylation is 1. The van der Waals surface area contributed by atoms with Crippen LogP contribution in [0.3, 0.4) is 0 Å². The van der Waals surface area contributed by atoms with E-state index in [4.69, 9.17) is 9.15 Å². The molecule has 3 heterocycles. The molecule has 1 saturated heterocycles. The summed E-state index contributed by atoms with van der Waals surface area (Å²) in [6.07, 6.45) is 3.24. The molecular weight excluding hydrogens is 384 g/mol. The van der Waals surface area contributed by atoms with Gasteiger partial charge in [-0.1, -0.05) is 12.1 Å². The number of pyridine rings is 1. The highest BCUT2D eigenvalue weighted by Gasteiger charge is 2.47. The van der Waals surface area contributed by atoms with E-state index in [1.54, 1.807) is 67.8 Å². The monoisotopic (exact) mass is 404 g/mol. The van der Waals surface area contributed by atoms with Crippen LogP contribution >= 0.6 is 0 Å². The van der Waals surface area contributed by atoms with Crippen molar-refractivity contribution in [2.75, 3.05) is 7.11 Å². The molecule has 1 amide bonds. The number of aliphatic hydroxyl groups excluding tert-OH is 1. The number of furan rings is 1. The Hall–Kier alpha value is -3.87. The Kier molecular flexibility index (Phi) is 5.10. The number of carbonyl (C=O) groups is 2. The number of carbonyl (C=O) groups excluding carboxylic acids is 2. The van der Waals surface area contributed by atoms with Gasteiger partial charge in [0.1, 0.15) is 29.1 Å². The van der Waals surface area contributed by atoms with E-state index in [-0.39, 0.29) is 17.9 Å². The lowest BCUT2D eigenvalue weighted by Crippen LogP contribution is -2.29. The third-order valence-electron chi connectivity index (χ3n) is 5.02. The van der Waals surface area contributed by atoms with Crippen LogP contribution in [0.1, 0.15) is 28.7 Å². The summed E-state index contributed by atoms with van der Waals surface area (Å²) >= 11 is 0. The van der Waals surface area contributed by atoms with E-state index < -0.39 is 17.7 Å². The second kappa shape index (κ2) is 7.87. The van der Waals surface area contributed by atoms with Crippen LogP contribution in [0.5, 0.6) is 5.75 Å². The molecule has 2 aromatic heterocycles. The van der Waals surface area contributed by atoms with E-state index in [9.17, 15) is 14.7 Å². The van der Waals surface area contributed by atoms with Gasteiger partial charge in [0.15, 0.2) is 0 Å². The topological polar surface area (TPSA) is 92.9 Å². The molecule has 0 bridgehead atoms. The first-order valence-electron chi connectivity index (χ1n) is 9.37.